The first-order chi connectivity index (χ1) is 8.22. The molecule has 0 saturated heterocycles. The van der Waals surface area contributed by atoms with Gasteiger partial charge in [-0.2, -0.15) is 0 Å². The van der Waals surface area contributed by atoms with Gasteiger partial charge in [-0.15, -0.1) is 0 Å². The van der Waals surface area contributed by atoms with Crippen LogP contribution < -0.4 is 11.3 Å². The molecule has 1 aromatic carbocycles. The molecule has 0 bridgehead atoms. The van der Waals surface area contributed by atoms with Crippen molar-refractivity contribution in [1.29, 1.82) is 0 Å². The van der Waals surface area contributed by atoms with E-state index in [9.17, 15) is 4.39 Å². The molecule has 3 nitrogen and oxygen atoms in total. The molecule has 17 heavy (non-hydrogen) atoms. The van der Waals surface area contributed by atoms with Crippen molar-refractivity contribution < 1.29 is 4.39 Å². The van der Waals surface area contributed by atoms with Crippen molar-refractivity contribution in [2.24, 2.45) is 5.84 Å². The van der Waals surface area contributed by atoms with Gasteiger partial charge in [0.05, 0.1) is 12.2 Å². The van der Waals surface area contributed by atoms with E-state index in [0.717, 1.165) is 10.0 Å². The molecule has 0 spiro atoms. The lowest BCUT2D eigenvalue weighted by molar-refractivity contribution is 0.555. The molecule has 1 atom stereocenters. The lowest BCUT2D eigenvalue weighted by atomic mass is 10.00. The molecule has 1 heterocycles. The zero-order chi connectivity index (χ0) is 12.3. The SMILES string of the molecule is NNC(c1cccc(Br)c1)c1ccncc1F. The molecule has 0 radical (unpaired) electrons. The molecule has 1 aromatic heterocycles. The molecule has 0 aliphatic rings. The molecule has 0 saturated carbocycles. The molecule has 0 aliphatic carbocycles. The predicted molar refractivity (Wildman–Crippen MR) is 67.5 cm³/mol. The van der Waals surface area contributed by atoms with Crippen molar-refractivity contribution in [1.82, 2.24) is 10.4 Å². The molecule has 0 amide bonds. The first-order valence-corrected chi connectivity index (χ1v) is 5.82. The third-order valence-corrected chi connectivity index (χ3v) is 2.96. The summed E-state index contributed by atoms with van der Waals surface area (Å²) >= 11 is 3.38. The van der Waals surface area contributed by atoms with Crippen molar-refractivity contribution in [2.45, 2.75) is 6.04 Å². The van der Waals surface area contributed by atoms with Gasteiger partial charge in [0.15, 0.2) is 0 Å². The Morgan fingerprint density at radius 3 is 2.82 bits per heavy atom. The number of aromatic nitrogens is 1. The van der Waals surface area contributed by atoms with Crippen LogP contribution in [-0.4, -0.2) is 4.98 Å². The number of nitrogens with zero attached hydrogens (tertiary/aromatic N) is 1. The number of pyridine rings is 1. The van der Waals surface area contributed by atoms with Gasteiger partial charge in [-0.1, -0.05) is 28.1 Å². The van der Waals surface area contributed by atoms with E-state index >= 15 is 0 Å². The van der Waals surface area contributed by atoms with E-state index in [1.54, 1.807) is 12.3 Å². The second kappa shape index (κ2) is 5.35. The highest BCUT2D eigenvalue weighted by atomic mass is 79.9. The molecule has 3 N–H and O–H groups in total. The number of hydrazine groups is 1. The third kappa shape index (κ3) is 2.69. The predicted octanol–water partition coefficient (Wildman–Crippen LogP) is 2.54. The van der Waals surface area contributed by atoms with E-state index in [1.165, 1.54) is 6.20 Å². The lowest BCUT2D eigenvalue weighted by Gasteiger charge is -2.17. The Morgan fingerprint density at radius 2 is 2.18 bits per heavy atom. The molecular weight excluding hydrogens is 285 g/mol. The van der Waals surface area contributed by atoms with Crippen LogP contribution in [0.3, 0.4) is 0 Å². The van der Waals surface area contributed by atoms with E-state index in [4.69, 9.17) is 5.84 Å². The van der Waals surface area contributed by atoms with Crippen molar-refractivity contribution in [3.8, 4) is 0 Å². The fourth-order valence-electron chi connectivity index (χ4n) is 1.67. The molecular formula is C12H11BrFN3. The Labute approximate surface area is 107 Å². The van der Waals surface area contributed by atoms with E-state index < -0.39 is 6.04 Å². The molecule has 5 heteroatoms. The Hall–Kier alpha value is -1.30. The number of hydrogen-bond donors (Lipinski definition) is 2. The summed E-state index contributed by atoms with van der Waals surface area (Å²) in [4.78, 5) is 3.72. The van der Waals surface area contributed by atoms with Gasteiger partial charge in [0.2, 0.25) is 0 Å². The van der Waals surface area contributed by atoms with Gasteiger partial charge in [-0.25, -0.2) is 9.82 Å². The van der Waals surface area contributed by atoms with Gasteiger partial charge in [0, 0.05) is 16.2 Å². The lowest BCUT2D eigenvalue weighted by Crippen LogP contribution is -2.29. The van der Waals surface area contributed by atoms with E-state index in [1.807, 2.05) is 24.3 Å². The van der Waals surface area contributed by atoms with Crippen LogP contribution in [0.25, 0.3) is 0 Å². The first kappa shape index (κ1) is 12.2. The first-order valence-electron chi connectivity index (χ1n) is 5.03. The minimum atomic E-state index is -0.393. The maximum Gasteiger partial charge on any atom is 0.146 e. The quantitative estimate of drug-likeness (QED) is 0.676. The Balaban J connectivity index is 2.44. The van der Waals surface area contributed by atoms with Crippen LogP contribution >= 0.6 is 15.9 Å². The molecule has 88 valence electrons. The summed E-state index contributed by atoms with van der Waals surface area (Å²) in [5.74, 6) is 5.12. The average molecular weight is 296 g/mol. The van der Waals surface area contributed by atoms with Crippen LogP contribution in [0, 0.1) is 5.82 Å². The van der Waals surface area contributed by atoms with Crippen LogP contribution in [-0.2, 0) is 0 Å². The molecule has 2 rings (SSSR count). The maximum absolute atomic E-state index is 13.6. The molecule has 0 aliphatic heterocycles. The summed E-state index contributed by atoms with van der Waals surface area (Å²) in [7, 11) is 0. The summed E-state index contributed by atoms with van der Waals surface area (Å²) < 4.78 is 14.6. The number of halogens is 2. The van der Waals surface area contributed by atoms with Gasteiger partial charge in [-0.05, 0) is 23.8 Å². The summed E-state index contributed by atoms with van der Waals surface area (Å²) in [5, 5.41) is 0. The minimum absolute atomic E-state index is 0.379. The fraction of sp³-hybridized carbons (Fsp3) is 0.0833. The van der Waals surface area contributed by atoms with Gasteiger partial charge < -0.3 is 0 Å². The Morgan fingerprint density at radius 1 is 1.35 bits per heavy atom. The monoisotopic (exact) mass is 295 g/mol. The van der Waals surface area contributed by atoms with Crippen molar-refractivity contribution >= 4 is 15.9 Å². The van der Waals surface area contributed by atoms with E-state index in [-0.39, 0.29) is 5.82 Å². The molecule has 0 fully saturated rings. The molecule has 1 unspecified atom stereocenters. The van der Waals surface area contributed by atoms with Gasteiger partial charge in [-0.3, -0.25) is 10.8 Å². The van der Waals surface area contributed by atoms with Crippen LogP contribution in [0.1, 0.15) is 17.2 Å². The molecule has 2 aromatic rings. The van der Waals surface area contributed by atoms with Crippen LogP contribution in [0.15, 0.2) is 47.2 Å². The minimum Gasteiger partial charge on any atom is -0.271 e. The Bertz CT molecular complexity index is 519. The number of hydrogen-bond acceptors (Lipinski definition) is 3. The summed E-state index contributed by atoms with van der Waals surface area (Å²) in [5.41, 5.74) is 3.97. The van der Waals surface area contributed by atoms with Crippen molar-refractivity contribution in [3.63, 3.8) is 0 Å². The highest BCUT2D eigenvalue weighted by molar-refractivity contribution is 9.10. The van der Waals surface area contributed by atoms with E-state index in [2.05, 4.69) is 26.3 Å². The third-order valence-electron chi connectivity index (χ3n) is 2.46. The zero-order valence-corrected chi connectivity index (χ0v) is 10.5. The maximum atomic E-state index is 13.6. The van der Waals surface area contributed by atoms with Gasteiger partial charge in [0.25, 0.3) is 0 Å². The zero-order valence-electron chi connectivity index (χ0n) is 8.90. The smallest absolute Gasteiger partial charge is 0.146 e. The standard InChI is InChI=1S/C12H11BrFN3/c13-9-3-1-2-8(6-9)12(17-15)10-4-5-16-7-11(10)14/h1-7,12,17H,15H2. The number of nitrogens with one attached hydrogen (secondary N) is 1. The Kier molecular flexibility index (Phi) is 3.83. The number of nitrogens with two attached hydrogens (primary N) is 1. The van der Waals surface area contributed by atoms with Crippen LogP contribution in [0.5, 0.6) is 0 Å². The van der Waals surface area contributed by atoms with Crippen molar-refractivity contribution in [2.75, 3.05) is 0 Å². The highest BCUT2D eigenvalue weighted by Gasteiger charge is 2.16. The largest absolute Gasteiger partial charge is 0.271 e. The normalized spacial score (nSPS) is 12.4. The summed E-state index contributed by atoms with van der Waals surface area (Å²) in [6.45, 7) is 0. The topological polar surface area (TPSA) is 50.9 Å². The second-order valence-electron chi connectivity index (χ2n) is 3.55. The van der Waals surface area contributed by atoms with E-state index in [0.29, 0.717) is 5.56 Å². The fourth-order valence-corrected chi connectivity index (χ4v) is 2.09. The second-order valence-corrected chi connectivity index (χ2v) is 4.47. The van der Waals surface area contributed by atoms with Crippen molar-refractivity contribution in [3.05, 3.63) is 64.1 Å². The average Bonchev–Trinajstić information content (AvgIpc) is 2.33. The number of benzene rings is 1. The van der Waals surface area contributed by atoms with Crippen LogP contribution in [0.2, 0.25) is 0 Å². The summed E-state index contributed by atoms with van der Waals surface area (Å²) in [6.07, 6.45) is 2.72. The van der Waals surface area contributed by atoms with Crippen LogP contribution in [0.4, 0.5) is 4.39 Å². The number of rotatable bonds is 3. The van der Waals surface area contributed by atoms with Gasteiger partial charge >= 0.3 is 0 Å². The highest BCUT2D eigenvalue weighted by Crippen LogP contribution is 2.25. The van der Waals surface area contributed by atoms with Gasteiger partial charge in [0.1, 0.15) is 5.82 Å². The summed E-state index contributed by atoms with van der Waals surface area (Å²) in [6, 6.07) is 8.78.